The summed E-state index contributed by atoms with van der Waals surface area (Å²) in [5.41, 5.74) is 1.68. The van der Waals surface area contributed by atoms with Gasteiger partial charge in [-0.05, 0) is 37.5 Å². The zero-order valence-corrected chi connectivity index (χ0v) is 11.6. The van der Waals surface area contributed by atoms with E-state index in [2.05, 4.69) is 17.6 Å². The Morgan fingerprint density at radius 3 is 2.89 bits per heavy atom. The molecule has 1 unspecified atom stereocenters. The number of benzene rings is 1. The summed E-state index contributed by atoms with van der Waals surface area (Å²) in [4.78, 5) is 12.0. The van der Waals surface area contributed by atoms with E-state index in [1.54, 1.807) is 7.11 Å². The van der Waals surface area contributed by atoms with Crippen molar-refractivity contribution in [3.63, 3.8) is 0 Å². The molecule has 2 rings (SSSR count). The van der Waals surface area contributed by atoms with Crippen LogP contribution in [-0.4, -0.2) is 31.7 Å². The number of ether oxygens (including phenoxy) is 1. The third kappa shape index (κ3) is 4.24. The predicted octanol–water partition coefficient (Wildman–Crippen LogP) is 2.42. The second kappa shape index (κ2) is 6.57. The normalized spacial score (nSPS) is 15.9. The van der Waals surface area contributed by atoms with Crippen LogP contribution in [0.3, 0.4) is 0 Å². The van der Waals surface area contributed by atoms with Gasteiger partial charge in [0.05, 0.1) is 6.61 Å². The van der Waals surface area contributed by atoms with Crippen molar-refractivity contribution in [3.05, 3.63) is 29.8 Å². The largest absolute Gasteiger partial charge is 0.383 e. The Kier molecular flexibility index (Phi) is 4.80. The topological polar surface area (TPSA) is 50.4 Å². The Morgan fingerprint density at radius 1 is 1.47 bits per heavy atom. The lowest BCUT2D eigenvalue weighted by molar-refractivity contribution is 0.0951. The maximum atomic E-state index is 12.0. The molecule has 2 N–H and O–H groups in total. The summed E-state index contributed by atoms with van der Waals surface area (Å²) in [7, 11) is 1.70. The van der Waals surface area contributed by atoms with Gasteiger partial charge >= 0.3 is 0 Å². The fourth-order valence-electron chi connectivity index (χ4n) is 1.95. The summed E-state index contributed by atoms with van der Waals surface area (Å²) < 4.78 is 5.16. The molecule has 4 heteroatoms. The molecular formula is C15H22N2O2. The number of carbonyl (C=O) groups excluding carboxylic acids is 1. The molecule has 0 radical (unpaired) electrons. The minimum absolute atomic E-state index is 0.0194. The van der Waals surface area contributed by atoms with E-state index in [0.717, 1.165) is 24.9 Å². The molecule has 1 aromatic rings. The van der Waals surface area contributed by atoms with E-state index in [1.807, 2.05) is 24.3 Å². The van der Waals surface area contributed by atoms with Gasteiger partial charge in [0, 0.05) is 30.4 Å². The number of amides is 1. The molecule has 1 aliphatic rings. The van der Waals surface area contributed by atoms with E-state index in [-0.39, 0.29) is 11.9 Å². The number of carbonyl (C=O) groups is 1. The number of methoxy groups -OCH3 is 1. The van der Waals surface area contributed by atoms with Crippen LogP contribution in [0, 0.1) is 0 Å². The highest BCUT2D eigenvalue weighted by molar-refractivity contribution is 5.95. The number of hydrogen-bond acceptors (Lipinski definition) is 3. The molecule has 0 aromatic heterocycles. The van der Waals surface area contributed by atoms with E-state index in [1.165, 1.54) is 0 Å². The zero-order valence-electron chi connectivity index (χ0n) is 11.6. The fourth-order valence-corrected chi connectivity index (χ4v) is 1.95. The molecule has 1 fully saturated rings. The van der Waals surface area contributed by atoms with Crippen LogP contribution < -0.4 is 10.6 Å². The van der Waals surface area contributed by atoms with Crippen molar-refractivity contribution in [1.82, 2.24) is 5.32 Å². The van der Waals surface area contributed by atoms with Gasteiger partial charge in [-0.2, -0.15) is 0 Å². The first-order valence-electron chi connectivity index (χ1n) is 6.89. The lowest BCUT2D eigenvalue weighted by atomic mass is 10.1. The van der Waals surface area contributed by atoms with Crippen molar-refractivity contribution in [2.45, 2.75) is 38.3 Å². The second-order valence-corrected chi connectivity index (χ2v) is 5.03. The van der Waals surface area contributed by atoms with E-state index in [9.17, 15) is 4.79 Å². The Labute approximate surface area is 114 Å². The van der Waals surface area contributed by atoms with Crippen molar-refractivity contribution in [2.24, 2.45) is 0 Å². The molecule has 0 bridgehead atoms. The molecule has 0 heterocycles. The molecular weight excluding hydrogens is 240 g/mol. The molecule has 1 amide bonds. The summed E-state index contributed by atoms with van der Waals surface area (Å²) in [5.74, 6) is 0.0194. The first-order valence-corrected chi connectivity index (χ1v) is 6.89. The first kappa shape index (κ1) is 13.9. The summed E-state index contributed by atoms with van der Waals surface area (Å²) in [5, 5.41) is 6.39. The van der Waals surface area contributed by atoms with Crippen LogP contribution in [-0.2, 0) is 4.74 Å². The van der Waals surface area contributed by atoms with Crippen molar-refractivity contribution in [1.29, 1.82) is 0 Å². The highest BCUT2D eigenvalue weighted by Gasteiger charge is 2.23. The smallest absolute Gasteiger partial charge is 0.251 e. The second-order valence-electron chi connectivity index (χ2n) is 5.03. The summed E-state index contributed by atoms with van der Waals surface area (Å²) >= 11 is 0. The predicted molar refractivity (Wildman–Crippen MR) is 76.5 cm³/mol. The Hall–Kier alpha value is -1.55. The number of nitrogens with one attached hydrogen (secondary N) is 2. The Morgan fingerprint density at radius 2 is 2.26 bits per heavy atom. The van der Waals surface area contributed by atoms with Crippen molar-refractivity contribution in [2.75, 3.05) is 19.0 Å². The molecule has 0 spiro atoms. The van der Waals surface area contributed by atoms with Gasteiger partial charge in [0.25, 0.3) is 5.91 Å². The molecule has 1 saturated carbocycles. The zero-order chi connectivity index (χ0) is 13.7. The molecule has 1 aliphatic carbocycles. The van der Waals surface area contributed by atoms with Crippen LogP contribution in [0.5, 0.6) is 0 Å². The minimum atomic E-state index is 0.0194. The highest BCUT2D eigenvalue weighted by atomic mass is 16.5. The number of hydrogen-bond donors (Lipinski definition) is 2. The third-order valence-corrected chi connectivity index (χ3v) is 3.27. The molecule has 0 aliphatic heterocycles. The first-order chi connectivity index (χ1) is 9.22. The van der Waals surface area contributed by atoms with Crippen LogP contribution in [0.25, 0.3) is 0 Å². The third-order valence-electron chi connectivity index (χ3n) is 3.27. The van der Waals surface area contributed by atoms with Gasteiger partial charge in [-0.15, -0.1) is 0 Å². The standard InChI is InChI=1S/C15H22N2O2/c1-3-12(10-19-2)16-14-6-4-5-11(9-14)15(18)17-13-7-8-13/h4-6,9,12-13,16H,3,7-8,10H2,1-2H3,(H,17,18). The van der Waals surface area contributed by atoms with Gasteiger partial charge in [-0.1, -0.05) is 13.0 Å². The SMILES string of the molecule is CCC(COC)Nc1cccc(C(=O)NC2CC2)c1. The molecule has 19 heavy (non-hydrogen) atoms. The molecule has 1 aromatic carbocycles. The van der Waals surface area contributed by atoms with Crippen molar-refractivity contribution < 1.29 is 9.53 Å². The maximum absolute atomic E-state index is 12.0. The van der Waals surface area contributed by atoms with Crippen LogP contribution in [0.4, 0.5) is 5.69 Å². The van der Waals surface area contributed by atoms with Crippen LogP contribution in [0.15, 0.2) is 24.3 Å². The lowest BCUT2D eigenvalue weighted by Gasteiger charge is -2.17. The number of anilines is 1. The summed E-state index contributed by atoms with van der Waals surface area (Å²) in [6.45, 7) is 2.77. The van der Waals surface area contributed by atoms with Gasteiger partial charge in [0.15, 0.2) is 0 Å². The highest BCUT2D eigenvalue weighted by Crippen LogP contribution is 2.20. The van der Waals surface area contributed by atoms with Crippen molar-refractivity contribution >= 4 is 11.6 Å². The van der Waals surface area contributed by atoms with Crippen LogP contribution in [0.1, 0.15) is 36.5 Å². The maximum Gasteiger partial charge on any atom is 0.251 e. The van der Waals surface area contributed by atoms with Crippen molar-refractivity contribution in [3.8, 4) is 0 Å². The fraction of sp³-hybridized carbons (Fsp3) is 0.533. The number of rotatable bonds is 7. The Balaban J connectivity index is 1.98. The van der Waals surface area contributed by atoms with Gasteiger partial charge in [-0.25, -0.2) is 0 Å². The average molecular weight is 262 g/mol. The average Bonchev–Trinajstić information content (AvgIpc) is 3.22. The lowest BCUT2D eigenvalue weighted by Crippen LogP contribution is -2.26. The van der Waals surface area contributed by atoms with Gasteiger partial charge in [-0.3, -0.25) is 4.79 Å². The molecule has 1 atom stereocenters. The van der Waals surface area contributed by atoms with Crippen LogP contribution in [0.2, 0.25) is 0 Å². The minimum Gasteiger partial charge on any atom is -0.383 e. The van der Waals surface area contributed by atoms with Gasteiger partial charge in [0.2, 0.25) is 0 Å². The quantitative estimate of drug-likeness (QED) is 0.793. The van der Waals surface area contributed by atoms with Gasteiger partial charge in [0.1, 0.15) is 0 Å². The molecule has 104 valence electrons. The Bertz CT molecular complexity index is 430. The van der Waals surface area contributed by atoms with E-state index < -0.39 is 0 Å². The molecule has 4 nitrogen and oxygen atoms in total. The van der Waals surface area contributed by atoms with E-state index in [0.29, 0.717) is 18.2 Å². The summed E-state index contributed by atoms with van der Waals surface area (Å²) in [6.07, 6.45) is 3.19. The van der Waals surface area contributed by atoms with Gasteiger partial charge < -0.3 is 15.4 Å². The molecule has 0 saturated heterocycles. The van der Waals surface area contributed by atoms with E-state index in [4.69, 9.17) is 4.74 Å². The summed E-state index contributed by atoms with van der Waals surface area (Å²) in [6, 6.07) is 8.29. The monoisotopic (exact) mass is 262 g/mol. The van der Waals surface area contributed by atoms with E-state index >= 15 is 0 Å². The van der Waals surface area contributed by atoms with Crippen LogP contribution >= 0.6 is 0 Å².